The van der Waals surface area contributed by atoms with Gasteiger partial charge in [0.1, 0.15) is 0 Å². The SMILES string of the molecule is Nc1ccc2sc3ccccc3c(=O)c2c1N. The molecule has 4 heteroatoms. The van der Waals surface area contributed by atoms with Gasteiger partial charge in [0.15, 0.2) is 5.43 Å². The van der Waals surface area contributed by atoms with Crippen LogP contribution in [0.5, 0.6) is 0 Å². The Kier molecular flexibility index (Phi) is 2.06. The van der Waals surface area contributed by atoms with Crippen LogP contribution in [0, 0.1) is 0 Å². The Morgan fingerprint density at radius 2 is 1.71 bits per heavy atom. The monoisotopic (exact) mass is 242 g/mol. The molecule has 0 saturated heterocycles. The maximum Gasteiger partial charge on any atom is 0.198 e. The Morgan fingerprint density at radius 1 is 0.941 bits per heavy atom. The van der Waals surface area contributed by atoms with E-state index < -0.39 is 0 Å². The molecule has 3 nitrogen and oxygen atoms in total. The van der Waals surface area contributed by atoms with Crippen LogP contribution in [0.2, 0.25) is 0 Å². The first kappa shape index (κ1) is 10.1. The number of nitrogen functional groups attached to an aromatic ring is 2. The normalized spacial score (nSPS) is 11.1. The van der Waals surface area contributed by atoms with Gasteiger partial charge in [-0.2, -0.15) is 0 Å². The van der Waals surface area contributed by atoms with E-state index >= 15 is 0 Å². The van der Waals surface area contributed by atoms with E-state index in [1.54, 1.807) is 17.4 Å². The standard InChI is InChI=1S/C13H10N2OS/c14-8-5-6-10-11(12(8)15)13(16)7-3-1-2-4-9(7)17-10/h1-6H,14-15H2. The Balaban J connectivity index is 2.66. The molecule has 0 aliphatic heterocycles. The molecule has 0 radical (unpaired) electrons. The zero-order chi connectivity index (χ0) is 12.0. The summed E-state index contributed by atoms with van der Waals surface area (Å²) in [7, 11) is 0. The van der Waals surface area contributed by atoms with Gasteiger partial charge < -0.3 is 11.5 Å². The number of rotatable bonds is 0. The lowest BCUT2D eigenvalue weighted by molar-refractivity contribution is 1.71. The maximum absolute atomic E-state index is 12.3. The Labute approximate surface area is 101 Å². The molecule has 0 saturated carbocycles. The third-order valence-electron chi connectivity index (χ3n) is 2.82. The van der Waals surface area contributed by atoms with Crippen LogP contribution >= 0.6 is 11.3 Å². The van der Waals surface area contributed by atoms with Gasteiger partial charge >= 0.3 is 0 Å². The molecule has 1 heterocycles. The van der Waals surface area contributed by atoms with E-state index in [1.165, 1.54) is 0 Å². The van der Waals surface area contributed by atoms with E-state index in [-0.39, 0.29) is 5.43 Å². The van der Waals surface area contributed by atoms with Crippen LogP contribution in [0.4, 0.5) is 11.4 Å². The van der Waals surface area contributed by atoms with Gasteiger partial charge in [0, 0.05) is 14.8 Å². The Hall–Kier alpha value is -2.07. The number of anilines is 2. The summed E-state index contributed by atoms with van der Waals surface area (Å²) >= 11 is 1.55. The van der Waals surface area contributed by atoms with Crippen LogP contribution in [0.1, 0.15) is 0 Å². The number of fused-ring (bicyclic) bond motifs is 2. The zero-order valence-corrected chi connectivity index (χ0v) is 9.75. The molecule has 1 aromatic heterocycles. The fraction of sp³-hybridized carbons (Fsp3) is 0. The first-order valence-electron chi connectivity index (χ1n) is 5.18. The van der Waals surface area contributed by atoms with Gasteiger partial charge in [-0.15, -0.1) is 11.3 Å². The summed E-state index contributed by atoms with van der Waals surface area (Å²) in [5, 5.41) is 1.23. The van der Waals surface area contributed by atoms with Gasteiger partial charge in [-0.25, -0.2) is 0 Å². The van der Waals surface area contributed by atoms with E-state index in [4.69, 9.17) is 11.5 Å². The van der Waals surface area contributed by atoms with Crippen LogP contribution in [0.15, 0.2) is 41.2 Å². The van der Waals surface area contributed by atoms with Crippen LogP contribution in [0.25, 0.3) is 20.2 Å². The zero-order valence-electron chi connectivity index (χ0n) is 8.94. The van der Waals surface area contributed by atoms with E-state index in [2.05, 4.69) is 0 Å². The van der Waals surface area contributed by atoms with E-state index in [0.717, 1.165) is 9.40 Å². The highest BCUT2D eigenvalue weighted by atomic mass is 32.1. The largest absolute Gasteiger partial charge is 0.397 e. The van der Waals surface area contributed by atoms with Gasteiger partial charge in [-0.05, 0) is 24.3 Å². The summed E-state index contributed by atoms with van der Waals surface area (Å²) in [6.45, 7) is 0. The molecule has 0 fully saturated rings. The van der Waals surface area contributed by atoms with Crippen LogP contribution in [-0.2, 0) is 0 Å². The first-order valence-corrected chi connectivity index (χ1v) is 5.99. The lowest BCUT2D eigenvalue weighted by Crippen LogP contribution is -2.06. The van der Waals surface area contributed by atoms with Crippen LogP contribution in [0.3, 0.4) is 0 Å². The molecular weight excluding hydrogens is 232 g/mol. The lowest BCUT2D eigenvalue weighted by Gasteiger charge is -2.05. The molecule has 0 amide bonds. The predicted octanol–water partition coefficient (Wildman–Crippen LogP) is 2.58. The van der Waals surface area contributed by atoms with Crippen molar-refractivity contribution >= 4 is 42.9 Å². The molecular formula is C13H10N2OS. The highest BCUT2D eigenvalue weighted by molar-refractivity contribution is 7.24. The Bertz CT molecular complexity index is 792. The third-order valence-corrected chi connectivity index (χ3v) is 3.96. The molecule has 0 unspecified atom stereocenters. The van der Waals surface area contributed by atoms with Crippen molar-refractivity contribution in [1.29, 1.82) is 0 Å². The van der Waals surface area contributed by atoms with Crippen molar-refractivity contribution in [2.24, 2.45) is 0 Å². The average Bonchev–Trinajstić information content (AvgIpc) is 2.34. The molecule has 0 aliphatic rings. The summed E-state index contributed by atoms with van der Waals surface area (Å²) in [5.74, 6) is 0. The number of nitrogens with two attached hydrogens (primary N) is 2. The number of benzene rings is 2. The van der Waals surface area contributed by atoms with Gasteiger partial charge in [-0.1, -0.05) is 12.1 Å². The topological polar surface area (TPSA) is 69.1 Å². The maximum atomic E-state index is 12.3. The van der Waals surface area contributed by atoms with Crippen molar-refractivity contribution in [3.8, 4) is 0 Å². The highest BCUT2D eigenvalue weighted by Crippen LogP contribution is 2.30. The number of hydrogen-bond acceptors (Lipinski definition) is 4. The van der Waals surface area contributed by atoms with Crippen molar-refractivity contribution in [1.82, 2.24) is 0 Å². The second-order valence-corrected chi connectivity index (χ2v) is 4.95. The van der Waals surface area contributed by atoms with Crippen LogP contribution in [-0.4, -0.2) is 0 Å². The second-order valence-electron chi connectivity index (χ2n) is 3.87. The van der Waals surface area contributed by atoms with Crippen molar-refractivity contribution in [3.05, 3.63) is 46.6 Å². The fourth-order valence-electron chi connectivity index (χ4n) is 1.93. The van der Waals surface area contributed by atoms with Crippen LogP contribution < -0.4 is 16.9 Å². The molecule has 2 aromatic carbocycles. The van der Waals surface area contributed by atoms with Gasteiger partial charge in [0.05, 0.1) is 16.8 Å². The minimum atomic E-state index is -0.0425. The minimum Gasteiger partial charge on any atom is -0.397 e. The average molecular weight is 242 g/mol. The van der Waals surface area contributed by atoms with Gasteiger partial charge in [0.25, 0.3) is 0 Å². The smallest absolute Gasteiger partial charge is 0.198 e. The quantitative estimate of drug-likeness (QED) is 0.470. The molecule has 0 aliphatic carbocycles. The molecule has 3 rings (SSSR count). The van der Waals surface area contributed by atoms with Crippen molar-refractivity contribution in [2.45, 2.75) is 0 Å². The third kappa shape index (κ3) is 1.38. The molecule has 0 bridgehead atoms. The van der Waals surface area contributed by atoms with E-state index in [0.29, 0.717) is 22.1 Å². The van der Waals surface area contributed by atoms with Gasteiger partial charge in [0.2, 0.25) is 0 Å². The van der Waals surface area contributed by atoms with Gasteiger partial charge in [-0.3, -0.25) is 4.79 Å². The highest BCUT2D eigenvalue weighted by Gasteiger charge is 2.09. The summed E-state index contributed by atoms with van der Waals surface area (Å²) < 4.78 is 1.84. The molecule has 4 N–H and O–H groups in total. The molecule has 84 valence electrons. The minimum absolute atomic E-state index is 0.0425. The van der Waals surface area contributed by atoms with E-state index in [9.17, 15) is 4.79 Å². The summed E-state index contributed by atoms with van der Waals surface area (Å²) in [6, 6.07) is 11.1. The lowest BCUT2D eigenvalue weighted by atomic mass is 10.1. The second kappa shape index (κ2) is 3.46. The molecule has 0 spiro atoms. The molecule has 0 atom stereocenters. The Morgan fingerprint density at radius 3 is 2.53 bits per heavy atom. The number of hydrogen-bond donors (Lipinski definition) is 2. The molecule has 3 aromatic rings. The fourth-order valence-corrected chi connectivity index (χ4v) is 3.03. The van der Waals surface area contributed by atoms with Crippen molar-refractivity contribution < 1.29 is 0 Å². The summed E-state index contributed by atoms with van der Waals surface area (Å²) in [5.41, 5.74) is 12.4. The first-order chi connectivity index (χ1) is 8.18. The predicted molar refractivity (Wildman–Crippen MR) is 74.4 cm³/mol. The molecule has 17 heavy (non-hydrogen) atoms. The van der Waals surface area contributed by atoms with Crippen molar-refractivity contribution in [3.63, 3.8) is 0 Å². The summed E-state index contributed by atoms with van der Waals surface area (Å²) in [4.78, 5) is 12.3. The van der Waals surface area contributed by atoms with Crippen molar-refractivity contribution in [2.75, 3.05) is 11.5 Å². The summed E-state index contributed by atoms with van der Waals surface area (Å²) in [6.07, 6.45) is 0. The van der Waals surface area contributed by atoms with E-state index in [1.807, 2.05) is 30.3 Å².